The van der Waals surface area contributed by atoms with Crippen LogP contribution in [0.5, 0.6) is 5.06 Å². The Balaban J connectivity index is 1.60. The van der Waals surface area contributed by atoms with Gasteiger partial charge in [0, 0.05) is 12.2 Å². The topological polar surface area (TPSA) is 79.9 Å². The van der Waals surface area contributed by atoms with Gasteiger partial charge >= 0.3 is 6.09 Å². The molecule has 0 saturated carbocycles. The van der Waals surface area contributed by atoms with Crippen molar-refractivity contribution in [2.24, 2.45) is 0 Å². The number of rotatable bonds is 5. The zero-order chi connectivity index (χ0) is 21.0. The number of hydrogen-bond donors (Lipinski definition) is 2. The van der Waals surface area contributed by atoms with Gasteiger partial charge < -0.3 is 15.4 Å². The van der Waals surface area contributed by atoms with Crippen LogP contribution in [0.1, 0.15) is 32.3 Å². The summed E-state index contributed by atoms with van der Waals surface area (Å²) >= 11 is 6.96. The lowest BCUT2D eigenvalue weighted by molar-refractivity contribution is -0.121. The Hall–Kier alpha value is -2.29. The summed E-state index contributed by atoms with van der Waals surface area (Å²) in [6.45, 7) is 6.74. The standard InChI is InChI=1S/C20H24ClN3O4S/c1-13-12-14(6-7-15(13)24-10-4-5-11-27-24)22-18(25)20(2,3)23-19(26)28-17-9-8-16(21)29-17/h6-9,12H,4-5,10-11H2,1-3H3,(H,22,25)(H,23,26). The van der Waals surface area contributed by atoms with Crippen molar-refractivity contribution in [3.63, 3.8) is 0 Å². The Morgan fingerprint density at radius 1 is 1.24 bits per heavy atom. The van der Waals surface area contributed by atoms with Gasteiger partial charge in [0.1, 0.15) is 5.54 Å². The van der Waals surface area contributed by atoms with E-state index in [4.69, 9.17) is 21.2 Å². The minimum Gasteiger partial charge on any atom is -0.399 e. The van der Waals surface area contributed by atoms with Gasteiger partial charge in [0.15, 0.2) is 5.06 Å². The first-order valence-corrected chi connectivity index (χ1v) is 10.5. The van der Waals surface area contributed by atoms with E-state index < -0.39 is 11.6 Å². The Morgan fingerprint density at radius 2 is 2.03 bits per heavy atom. The molecule has 2 heterocycles. The monoisotopic (exact) mass is 437 g/mol. The minimum absolute atomic E-state index is 0.356. The van der Waals surface area contributed by atoms with Gasteiger partial charge in [0.25, 0.3) is 0 Å². The van der Waals surface area contributed by atoms with Crippen LogP contribution in [0.2, 0.25) is 4.34 Å². The van der Waals surface area contributed by atoms with Crippen molar-refractivity contribution in [3.8, 4) is 5.06 Å². The fourth-order valence-corrected chi connectivity index (χ4v) is 3.74. The fraction of sp³-hybridized carbons (Fsp3) is 0.400. The molecular weight excluding hydrogens is 414 g/mol. The zero-order valence-electron chi connectivity index (χ0n) is 16.6. The van der Waals surface area contributed by atoms with Crippen LogP contribution in [-0.2, 0) is 9.63 Å². The number of carbonyl (C=O) groups is 2. The number of hydrogen-bond acceptors (Lipinski definition) is 6. The van der Waals surface area contributed by atoms with Gasteiger partial charge in [-0.05, 0) is 69.5 Å². The van der Waals surface area contributed by atoms with Crippen molar-refractivity contribution in [1.29, 1.82) is 0 Å². The van der Waals surface area contributed by atoms with E-state index >= 15 is 0 Å². The van der Waals surface area contributed by atoms with E-state index in [9.17, 15) is 9.59 Å². The molecule has 2 N–H and O–H groups in total. The smallest absolute Gasteiger partial charge is 0.399 e. The van der Waals surface area contributed by atoms with E-state index in [1.807, 2.05) is 30.2 Å². The van der Waals surface area contributed by atoms with E-state index in [1.165, 1.54) is 0 Å². The van der Waals surface area contributed by atoms with E-state index in [-0.39, 0.29) is 5.91 Å². The van der Waals surface area contributed by atoms with Crippen LogP contribution < -0.4 is 20.4 Å². The quantitative estimate of drug-likeness (QED) is 0.705. The lowest BCUT2D eigenvalue weighted by Gasteiger charge is -2.29. The van der Waals surface area contributed by atoms with Crippen LogP contribution in [0, 0.1) is 6.92 Å². The number of ether oxygens (including phenoxy) is 1. The molecule has 9 heteroatoms. The molecule has 1 saturated heterocycles. The highest BCUT2D eigenvalue weighted by Crippen LogP contribution is 2.29. The van der Waals surface area contributed by atoms with E-state index in [0.717, 1.165) is 42.0 Å². The summed E-state index contributed by atoms with van der Waals surface area (Å²) in [5.74, 6) is -0.361. The SMILES string of the molecule is Cc1cc(NC(=O)C(C)(C)NC(=O)Oc2ccc(Cl)s2)ccc1N1CCCCO1. The largest absolute Gasteiger partial charge is 0.414 e. The third-order valence-electron chi connectivity index (χ3n) is 4.45. The Bertz CT molecular complexity index is 894. The summed E-state index contributed by atoms with van der Waals surface area (Å²) in [5, 5.41) is 7.66. The Labute approximate surface area is 178 Å². The number of hydroxylamine groups is 1. The Kier molecular flexibility index (Phi) is 6.66. The van der Waals surface area contributed by atoms with Crippen molar-refractivity contribution in [1.82, 2.24) is 5.32 Å². The number of halogens is 1. The molecule has 2 amide bonds. The molecule has 0 unspecified atom stereocenters. The second kappa shape index (κ2) is 9.02. The van der Waals surface area contributed by atoms with Gasteiger partial charge in [0.05, 0.1) is 16.6 Å². The van der Waals surface area contributed by atoms with Crippen LogP contribution in [0.25, 0.3) is 0 Å². The summed E-state index contributed by atoms with van der Waals surface area (Å²) in [6.07, 6.45) is 1.43. The third kappa shape index (κ3) is 5.62. The highest BCUT2D eigenvalue weighted by Gasteiger charge is 2.31. The zero-order valence-corrected chi connectivity index (χ0v) is 18.2. The number of aryl methyl sites for hydroxylation is 1. The molecule has 0 radical (unpaired) electrons. The summed E-state index contributed by atoms with van der Waals surface area (Å²) in [5.41, 5.74) is 1.44. The van der Waals surface area contributed by atoms with Gasteiger partial charge in [-0.25, -0.2) is 4.79 Å². The highest BCUT2D eigenvalue weighted by molar-refractivity contribution is 7.17. The fourth-order valence-electron chi connectivity index (χ4n) is 2.87. The van der Waals surface area contributed by atoms with Crippen molar-refractivity contribution >= 4 is 46.3 Å². The Morgan fingerprint density at radius 3 is 2.66 bits per heavy atom. The maximum Gasteiger partial charge on any atom is 0.414 e. The average molecular weight is 438 g/mol. The molecule has 1 aromatic carbocycles. The van der Waals surface area contributed by atoms with Crippen molar-refractivity contribution in [2.45, 2.75) is 39.2 Å². The lowest BCUT2D eigenvalue weighted by atomic mass is 10.0. The number of amides is 2. The first kappa shape index (κ1) is 21.4. The van der Waals surface area contributed by atoms with Gasteiger partial charge in [-0.3, -0.25) is 14.7 Å². The summed E-state index contributed by atoms with van der Waals surface area (Å²) in [7, 11) is 0. The molecule has 7 nitrogen and oxygen atoms in total. The second-order valence-corrected chi connectivity index (χ2v) is 8.97. The normalized spacial score (nSPS) is 14.4. The molecule has 1 aromatic heterocycles. The molecule has 3 rings (SSSR count). The van der Waals surface area contributed by atoms with E-state index in [0.29, 0.717) is 21.7 Å². The molecule has 0 atom stereocenters. The molecular formula is C20H24ClN3O4S. The van der Waals surface area contributed by atoms with Crippen molar-refractivity contribution in [2.75, 3.05) is 23.5 Å². The van der Waals surface area contributed by atoms with E-state index in [2.05, 4.69) is 10.6 Å². The molecule has 1 aliphatic heterocycles. The second-order valence-electron chi connectivity index (χ2n) is 7.30. The number of thiophene rings is 1. The number of benzene rings is 1. The minimum atomic E-state index is -1.18. The first-order valence-electron chi connectivity index (χ1n) is 9.32. The van der Waals surface area contributed by atoms with Gasteiger partial charge in [-0.2, -0.15) is 0 Å². The van der Waals surface area contributed by atoms with Gasteiger partial charge in [-0.15, -0.1) is 0 Å². The summed E-state index contributed by atoms with van der Waals surface area (Å²) < 4.78 is 5.67. The van der Waals surface area contributed by atoms with Crippen LogP contribution in [0.4, 0.5) is 16.2 Å². The molecule has 0 bridgehead atoms. The van der Waals surface area contributed by atoms with Gasteiger partial charge in [0.2, 0.25) is 5.91 Å². The number of anilines is 2. The average Bonchev–Trinajstić information content (AvgIpc) is 3.06. The molecule has 0 spiro atoms. The lowest BCUT2D eigenvalue weighted by Crippen LogP contribution is -2.53. The van der Waals surface area contributed by atoms with Crippen LogP contribution in [-0.4, -0.2) is 30.7 Å². The number of carbonyl (C=O) groups excluding carboxylic acids is 2. The highest BCUT2D eigenvalue weighted by atomic mass is 35.5. The first-order chi connectivity index (χ1) is 13.7. The van der Waals surface area contributed by atoms with E-state index in [1.54, 1.807) is 26.0 Å². The number of nitrogens with zero attached hydrogens (tertiary/aromatic N) is 1. The maximum atomic E-state index is 12.7. The third-order valence-corrected chi connectivity index (χ3v) is 5.56. The van der Waals surface area contributed by atoms with Crippen LogP contribution in [0.3, 0.4) is 0 Å². The summed E-state index contributed by atoms with van der Waals surface area (Å²) in [6, 6.07) is 8.85. The van der Waals surface area contributed by atoms with Crippen LogP contribution >= 0.6 is 22.9 Å². The van der Waals surface area contributed by atoms with Crippen LogP contribution in [0.15, 0.2) is 30.3 Å². The predicted octanol–water partition coefficient (Wildman–Crippen LogP) is 4.75. The van der Waals surface area contributed by atoms with Crippen molar-refractivity contribution < 1.29 is 19.2 Å². The predicted molar refractivity (Wildman–Crippen MR) is 115 cm³/mol. The molecule has 156 valence electrons. The number of nitrogens with one attached hydrogen (secondary N) is 2. The maximum absolute atomic E-state index is 12.7. The molecule has 1 aliphatic rings. The molecule has 29 heavy (non-hydrogen) atoms. The van der Waals surface area contributed by atoms with Gasteiger partial charge in [-0.1, -0.05) is 22.9 Å². The molecule has 1 fully saturated rings. The summed E-state index contributed by atoms with van der Waals surface area (Å²) in [4.78, 5) is 30.5. The van der Waals surface area contributed by atoms with Crippen molar-refractivity contribution in [3.05, 3.63) is 40.2 Å². The molecule has 2 aromatic rings. The molecule has 0 aliphatic carbocycles.